The van der Waals surface area contributed by atoms with Crippen LogP contribution in [0.2, 0.25) is 0 Å². The van der Waals surface area contributed by atoms with Crippen molar-refractivity contribution in [3.05, 3.63) is 33.8 Å². The maximum atomic E-state index is 2.30. The van der Waals surface area contributed by atoms with Crippen LogP contribution >= 0.6 is 180 Å². The highest BCUT2D eigenvalue weighted by Gasteiger charge is 2.19. The van der Waals surface area contributed by atoms with Crippen molar-refractivity contribution in [2.75, 3.05) is 50.4 Å². The molecule has 0 rings (SSSR count). The molecule has 698 valence electrons. The molecular formula is C96H218S16. The molecule has 0 heterocycles. The van der Waals surface area contributed by atoms with Crippen molar-refractivity contribution in [2.24, 2.45) is 37.9 Å². The van der Waals surface area contributed by atoms with E-state index >= 15 is 0 Å². The molecule has 0 aliphatic carbocycles. The van der Waals surface area contributed by atoms with E-state index in [1.807, 2.05) is 244 Å². The third-order valence-electron chi connectivity index (χ3n) is 8.43. The lowest BCUT2D eigenvalue weighted by Gasteiger charge is -2.20. The van der Waals surface area contributed by atoms with E-state index in [2.05, 4.69) is 413 Å². The van der Waals surface area contributed by atoms with Crippen molar-refractivity contribution < 1.29 is 0 Å². The summed E-state index contributed by atoms with van der Waals surface area (Å²) in [7, 11) is 15.5. The highest BCUT2D eigenvalue weighted by atomic mass is 33.1. The van der Waals surface area contributed by atoms with E-state index in [9.17, 15) is 0 Å². The standard InChI is InChI=1S/4C10H22S2.C10H20S2.C10H22S2.2C10H20S2.8C2H6/c2*1-9(2,3)7-11-8-12-10(4,5)6;1-9(2,3)7-11-12-8-10(4,5)6;2*1-9(2,3)11-7-8-12-10(4,5)6;3*1-9(2,3)7-8-11-12-10(4,5)6;8*1-2/h4*7-8H2,1-6H3;7-8H,1-6H3;7-8H2,1-6H3;2*7-8H,1-6H3;8*1-2H3/b;;;;8-7-;;2*8-7-;;;;;;;;. The first-order valence-corrected chi connectivity index (χ1v) is 60.2. The van der Waals surface area contributed by atoms with Crippen LogP contribution in [0.25, 0.3) is 0 Å². The molecule has 0 aromatic rings. The molecule has 0 saturated carbocycles. The van der Waals surface area contributed by atoms with Crippen LogP contribution in [0.15, 0.2) is 33.8 Å². The van der Waals surface area contributed by atoms with Crippen LogP contribution in [0.1, 0.15) is 450 Å². The molecule has 0 aromatic carbocycles. The molecule has 0 unspecified atom stereocenters. The third-order valence-corrected chi connectivity index (χ3v) is 32.1. The highest BCUT2D eigenvalue weighted by Crippen LogP contribution is 2.40. The predicted molar refractivity (Wildman–Crippen MR) is 602 cm³/mol. The number of thioether (sulfide) groups is 8. The Morgan fingerprint density at radius 3 is 0.571 bits per heavy atom. The van der Waals surface area contributed by atoms with Gasteiger partial charge in [0.25, 0.3) is 0 Å². The number of hydrogen-bond donors (Lipinski definition) is 0. The molecule has 0 bridgehead atoms. The third kappa shape index (κ3) is 252. The van der Waals surface area contributed by atoms with Crippen molar-refractivity contribution in [1.29, 1.82) is 0 Å². The second-order valence-electron chi connectivity index (χ2n) is 41.1. The first-order valence-electron chi connectivity index (χ1n) is 43.0. The van der Waals surface area contributed by atoms with E-state index in [-0.39, 0.29) is 0 Å². The lowest BCUT2D eigenvalue weighted by Crippen LogP contribution is -2.12. The Kier molecular flexibility index (Phi) is 119. The molecule has 0 spiro atoms. The van der Waals surface area contributed by atoms with E-state index in [4.69, 9.17) is 0 Å². The summed E-state index contributed by atoms with van der Waals surface area (Å²) in [6.45, 7) is 141. The van der Waals surface area contributed by atoms with Crippen molar-refractivity contribution in [2.45, 2.75) is 492 Å². The van der Waals surface area contributed by atoms with Crippen LogP contribution in [-0.4, -0.2) is 93.2 Å². The number of hydrogen-bond acceptors (Lipinski definition) is 16. The molecule has 0 aliphatic heterocycles. The molecule has 0 amide bonds. The second-order valence-corrected chi connectivity index (χ2v) is 66.3. The summed E-state index contributed by atoms with van der Waals surface area (Å²) in [5.74, 6) is 8.82. The lowest BCUT2D eigenvalue weighted by atomic mass is 9.94. The van der Waals surface area contributed by atoms with Crippen LogP contribution in [-0.2, 0) is 0 Å². The van der Waals surface area contributed by atoms with Gasteiger partial charge in [-0.05, 0) is 77.5 Å². The second kappa shape index (κ2) is 86.6. The average molecular weight is 1890 g/mol. The summed E-state index contributed by atoms with van der Waals surface area (Å²) in [6, 6.07) is 0. The number of rotatable bonds is 21. The molecular weight excluding hydrogens is 1670 g/mol. The van der Waals surface area contributed by atoms with Gasteiger partial charge in [-0.1, -0.05) is 542 Å². The lowest BCUT2D eigenvalue weighted by molar-refractivity contribution is 0.402. The zero-order chi connectivity index (χ0) is 94.6. The Bertz CT molecular complexity index is 1530. The van der Waals surface area contributed by atoms with Crippen LogP contribution in [0, 0.1) is 37.9 Å². The monoisotopic (exact) mass is 1880 g/mol. The molecule has 0 nitrogen and oxygen atoms in total. The minimum Gasteiger partial charge on any atom is -0.155 e. The minimum atomic E-state index is 0.311. The predicted octanol–water partition coefficient (Wildman–Crippen LogP) is 43.8. The Morgan fingerprint density at radius 1 is 0.196 bits per heavy atom. The van der Waals surface area contributed by atoms with Gasteiger partial charge in [0.15, 0.2) is 0 Å². The fourth-order valence-corrected chi connectivity index (χ4v) is 22.8. The van der Waals surface area contributed by atoms with Crippen molar-refractivity contribution >= 4 is 180 Å². The van der Waals surface area contributed by atoms with E-state index in [1.165, 1.54) is 56.9 Å². The molecule has 0 atom stereocenters. The summed E-state index contributed by atoms with van der Waals surface area (Å²) in [5.41, 5.74) is 3.00. The van der Waals surface area contributed by atoms with Crippen molar-refractivity contribution in [3.8, 4) is 0 Å². The summed E-state index contributed by atoms with van der Waals surface area (Å²) in [4.78, 5) is 0. The van der Waals surface area contributed by atoms with Crippen LogP contribution in [0.3, 0.4) is 0 Å². The molecule has 0 saturated heterocycles. The fourth-order valence-electron chi connectivity index (χ4n) is 4.10. The maximum absolute atomic E-state index is 2.30. The highest BCUT2D eigenvalue weighted by molar-refractivity contribution is 8.78. The largest absolute Gasteiger partial charge is 0.155 e. The fraction of sp³-hybridized carbons (Fsp3) is 0.938. The zero-order valence-electron chi connectivity index (χ0n) is 89.1. The molecule has 0 aromatic heterocycles. The summed E-state index contributed by atoms with van der Waals surface area (Å²) in [5, 5.41) is 11.2. The van der Waals surface area contributed by atoms with Gasteiger partial charge in [-0.25, -0.2) is 0 Å². The quantitative estimate of drug-likeness (QED) is 0.0608. The molecule has 0 radical (unpaired) electrons. The van der Waals surface area contributed by atoms with Gasteiger partial charge < -0.3 is 0 Å². The normalized spacial score (nSPS) is 12.2. The molecule has 0 aliphatic rings. The van der Waals surface area contributed by atoms with Crippen LogP contribution in [0.5, 0.6) is 0 Å². The zero-order valence-corrected chi connectivity index (χ0v) is 102. The first kappa shape index (κ1) is 154. The van der Waals surface area contributed by atoms with Gasteiger partial charge in [0, 0.05) is 81.7 Å². The topological polar surface area (TPSA) is 0 Å². The van der Waals surface area contributed by atoms with Gasteiger partial charge in [-0.2, -0.15) is 47.0 Å². The molecule has 0 fully saturated rings. The van der Waals surface area contributed by atoms with Gasteiger partial charge in [0.05, 0.1) is 0 Å². The summed E-state index contributed by atoms with van der Waals surface area (Å²) in [6.07, 6.45) is 5.80. The summed E-state index contributed by atoms with van der Waals surface area (Å²) >= 11 is 16.0. The Labute approximate surface area is 786 Å². The van der Waals surface area contributed by atoms with Gasteiger partial charge in [-0.3, -0.25) is 0 Å². The van der Waals surface area contributed by atoms with E-state index in [0.717, 1.165) is 0 Å². The summed E-state index contributed by atoms with van der Waals surface area (Å²) < 4.78 is 3.50. The van der Waals surface area contributed by atoms with E-state index in [1.54, 1.807) is 0 Å². The SMILES string of the molecule is CC.CC.CC.CC.CC.CC.CC.CC.CC(C)(C)/C=C\SSC(C)(C)C.CC(C)(C)/C=C\SSC(C)(C)C.CC(C)(C)CCSSC(C)(C)C.CC(C)(C)CSCSC(C)(C)C.CC(C)(C)CSCSC(C)(C)C.CC(C)(C)CSSCC(C)(C)C.CC(C)(C)S/C=C\SC(C)(C)C.CC(C)(C)SCCSC(C)(C)C. The average Bonchev–Trinajstić information content (AvgIpc) is 0.990. The van der Waals surface area contributed by atoms with Gasteiger partial charge in [-0.15, -0.1) is 47.0 Å². The van der Waals surface area contributed by atoms with Crippen molar-refractivity contribution in [1.82, 2.24) is 0 Å². The van der Waals surface area contributed by atoms with Crippen molar-refractivity contribution in [3.63, 3.8) is 0 Å². The molecule has 112 heavy (non-hydrogen) atoms. The van der Waals surface area contributed by atoms with Gasteiger partial charge >= 0.3 is 0 Å². The minimum absolute atomic E-state index is 0.311. The molecule has 0 N–H and O–H groups in total. The Morgan fingerprint density at radius 2 is 0.411 bits per heavy atom. The number of allylic oxidation sites excluding steroid dienone is 2. The van der Waals surface area contributed by atoms with Crippen LogP contribution < -0.4 is 0 Å². The van der Waals surface area contributed by atoms with E-state index in [0.29, 0.717) is 80.6 Å². The van der Waals surface area contributed by atoms with Gasteiger partial charge in [0.1, 0.15) is 0 Å². The van der Waals surface area contributed by atoms with E-state index < -0.39 is 0 Å². The first-order chi connectivity index (χ1) is 49.7. The van der Waals surface area contributed by atoms with Gasteiger partial charge in [0.2, 0.25) is 0 Å². The maximum Gasteiger partial charge on any atom is 0.0397 e. The Balaban J connectivity index is -0.0000000653. The van der Waals surface area contributed by atoms with Crippen LogP contribution in [0.4, 0.5) is 0 Å². The Hall–Kier alpha value is 4.82. The smallest absolute Gasteiger partial charge is 0.0397 e. The molecule has 16 heteroatoms.